The minimum Gasteiger partial charge on any atom is -0.497 e. The zero-order chi connectivity index (χ0) is 21.9. The molecule has 0 amide bonds. The number of carbonyl (C=O) groups excluding carboxylic acids is 1. The molecule has 0 saturated carbocycles. The molecule has 0 N–H and O–H groups in total. The number of cyclic esters (lactones) is 1. The number of furan rings is 1. The molecular weight excluding hydrogens is 376 g/mol. The number of allylic oxidation sites excluding steroid dienone is 5. The minimum absolute atomic E-state index is 0.269. The van der Waals surface area contributed by atoms with E-state index in [0.717, 1.165) is 38.5 Å². The van der Waals surface area contributed by atoms with Crippen LogP contribution in [0, 0.1) is 0 Å². The topological polar surface area (TPSA) is 48.7 Å². The second-order valence-electron chi connectivity index (χ2n) is 8.19. The summed E-state index contributed by atoms with van der Waals surface area (Å²) in [5.74, 6) is 0.395. The van der Waals surface area contributed by atoms with Crippen LogP contribution in [0.5, 0.6) is 0 Å². The van der Waals surface area contributed by atoms with Crippen molar-refractivity contribution >= 4 is 5.97 Å². The molecule has 2 heterocycles. The first kappa shape index (κ1) is 23.8. The lowest BCUT2D eigenvalue weighted by Gasteiger charge is -2.13. The molecule has 0 spiro atoms. The van der Waals surface area contributed by atoms with Gasteiger partial charge in [0.1, 0.15) is 5.76 Å². The zero-order valence-electron chi connectivity index (χ0n) is 19.1. The van der Waals surface area contributed by atoms with Gasteiger partial charge in [-0.1, -0.05) is 34.9 Å². The Morgan fingerprint density at radius 2 is 1.67 bits per heavy atom. The number of esters is 1. The van der Waals surface area contributed by atoms with Crippen molar-refractivity contribution < 1.29 is 18.7 Å². The van der Waals surface area contributed by atoms with Crippen molar-refractivity contribution in [3.05, 3.63) is 70.4 Å². The summed E-state index contributed by atoms with van der Waals surface area (Å²) in [6, 6.07) is 2.03. The number of methoxy groups -OCH3 is 1. The Hall–Kier alpha value is -2.49. The van der Waals surface area contributed by atoms with E-state index < -0.39 is 0 Å². The van der Waals surface area contributed by atoms with Crippen molar-refractivity contribution in [1.82, 2.24) is 0 Å². The highest BCUT2D eigenvalue weighted by molar-refractivity contribution is 5.91. The smallest absolute Gasteiger partial charge is 0.338 e. The van der Waals surface area contributed by atoms with Crippen LogP contribution < -0.4 is 0 Å². The molecule has 1 aromatic heterocycles. The third-order valence-electron chi connectivity index (χ3n) is 5.51. The van der Waals surface area contributed by atoms with E-state index in [1.807, 2.05) is 12.3 Å². The second-order valence-corrected chi connectivity index (χ2v) is 8.19. The molecule has 0 aromatic carbocycles. The Morgan fingerprint density at radius 3 is 2.27 bits per heavy atom. The van der Waals surface area contributed by atoms with E-state index in [1.165, 1.54) is 22.3 Å². The van der Waals surface area contributed by atoms with Crippen LogP contribution in [-0.4, -0.2) is 19.2 Å². The van der Waals surface area contributed by atoms with Gasteiger partial charge in [-0.3, -0.25) is 0 Å². The summed E-state index contributed by atoms with van der Waals surface area (Å²) in [6.45, 7) is 8.26. The molecule has 4 nitrogen and oxygen atoms in total. The lowest BCUT2D eigenvalue weighted by molar-refractivity contribution is -0.140. The molecule has 0 saturated heterocycles. The first-order valence-electron chi connectivity index (χ1n) is 10.8. The Morgan fingerprint density at radius 1 is 1.03 bits per heavy atom. The van der Waals surface area contributed by atoms with E-state index in [-0.39, 0.29) is 12.1 Å². The van der Waals surface area contributed by atoms with Gasteiger partial charge in [-0.15, -0.1) is 0 Å². The highest BCUT2D eigenvalue weighted by Crippen LogP contribution is 2.27. The molecule has 1 aliphatic heterocycles. The van der Waals surface area contributed by atoms with Crippen LogP contribution in [0.25, 0.3) is 0 Å². The highest BCUT2D eigenvalue weighted by Gasteiger charge is 2.32. The van der Waals surface area contributed by atoms with Crippen LogP contribution in [0.15, 0.2) is 69.3 Å². The van der Waals surface area contributed by atoms with Gasteiger partial charge in [-0.25, -0.2) is 4.79 Å². The average Bonchev–Trinajstić information content (AvgIpc) is 3.30. The summed E-state index contributed by atoms with van der Waals surface area (Å²) in [5.41, 5.74) is 5.93. The van der Waals surface area contributed by atoms with Gasteiger partial charge >= 0.3 is 5.97 Å². The molecule has 1 atom stereocenters. The molecule has 0 bridgehead atoms. The standard InChI is InChI=1S/C26H36O4/c1-19(9-6-10-20(2)12-8-14-23-15-16-29-18-23)11-7-13-21(3)17-24-25(28-5)22(4)26(27)30-24/h9,12-13,15-16,18,24H,6-8,10-11,14,17H2,1-5H3/b19-9-,20-12-,21-13+. The summed E-state index contributed by atoms with van der Waals surface area (Å²) >= 11 is 0. The van der Waals surface area contributed by atoms with E-state index in [1.54, 1.807) is 20.3 Å². The maximum absolute atomic E-state index is 11.7. The Balaban J connectivity index is 1.67. The molecule has 4 heteroatoms. The lowest BCUT2D eigenvalue weighted by atomic mass is 10.0. The largest absolute Gasteiger partial charge is 0.497 e. The molecule has 1 aliphatic rings. The van der Waals surface area contributed by atoms with Gasteiger partial charge in [-0.2, -0.15) is 0 Å². The van der Waals surface area contributed by atoms with E-state index in [4.69, 9.17) is 13.9 Å². The molecule has 0 radical (unpaired) electrons. The second kappa shape index (κ2) is 12.3. The number of hydrogen-bond donors (Lipinski definition) is 0. The number of ether oxygens (including phenoxy) is 2. The normalized spacial score (nSPS) is 18.2. The quantitative estimate of drug-likeness (QED) is 0.278. The van der Waals surface area contributed by atoms with E-state index in [9.17, 15) is 4.79 Å². The fourth-order valence-electron chi connectivity index (χ4n) is 3.62. The number of hydrogen-bond acceptors (Lipinski definition) is 4. The van der Waals surface area contributed by atoms with Crippen molar-refractivity contribution in [3.8, 4) is 0 Å². The van der Waals surface area contributed by atoms with Crippen molar-refractivity contribution in [2.24, 2.45) is 0 Å². The minimum atomic E-state index is -0.279. The van der Waals surface area contributed by atoms with Gasteiger partial charge in [0.15, 0.2) is 6.10 Å². The lowest BCUT2D eigenvalue weighted by Crippen LogP contribution is -2.13. The van der Waals surface area contributed by atoms with Crippen molar-refractivity contribution in [2.45, 2.75) is 78.7 Å². The van der Waals surface area contributed by atoms with E-state index >= 15 is 0 Å². The monoisotopic (exact) mass is 412 g/mol. The van der Waals surface area contributed by atoms with Crippen LogP contribution in [0.4, 0.5) is 0 Å². The predicted octanol–water partition coefficient (Wildman–Crippen LogP) is 6.85. The Bertz CT molecular complexity index is 806. The summed E-state index contributed by atoms with van der Waals surface area (Å²) in [7, 11) is 1.59. The van der Waals surface area contributed by atoms with Crippen LogP contribution in [0.1, 0.15) is 71.8 Å². The summed E-state index contributed by atoms with van der Waals surface area (Å²) in [4.78, 5) is 11.7. The maximum atomic E-state index is 11.7. The Labute approximate surface area is 181 Å². The van der Waals surface area contributed by atoms with Gasteiger partial charge in [0.2, 0.25) is 0 Å². The molecule has 164 valence electrons. The molecule has 0 fully saturated rings. The fourth-order valence-corrected chi connectivity index (χ4v) is 3.62. The molecule has 1 unspecified atom stereocenters. The number of aryl methyl sites for hydroxylation is 1. The SMILES string of the molecule is COC1=C(C)C(=O)OC1C/C(C)=C/CC/C(C)=C\CC/C(C)=C\CCc1ccoc1. The molecular formula is C26H36O4. The number of rotatable bonds is 12. The predicted molar refractivity (Wildman–Crippen MR) is 121 cm³/mol. The van der Waals surface area contributed by atoms with Crippen LogP contribution >= 0.6 is 0 Å². The van der Waals surface area contributed by atoms with Gasteiger partial charge in [-0.05, 0) is 77.8 Å². The zero-order valence-corrected chi connectivity index (χ0v) is 19.1. The van der Waals surface area contributed by atoms with Crippen molar-refractivity contribution in [1.29, 1.82) is 0 Å². The Kier molecular flexibility index (Phi) is 9.72. The third-order valence-corrected chi connectivity index (χ3v) is 5.51. The van der Waals surface area contributed by atoms with E-state index in [0.29, 0.717) is 17.8 Å². The first-order chi connectivity index (χ1) is 14.4. The average molecular weight is 413 g/mol. The summed E-state index contributed by atoms with van der Waals surface area (Å²) in [6.07, 6.45) is 17.2. The summed E-state index contributed by atoms with van der Waals surface area (Å²) < 4.78 is 15.8. The number of carbonyl (C=O) groups is 1. The third kappa shape index (κ3) is 7.74. The highest BCUT2D eigenvalue weighted by atomic mass is 16.6. The fraction of sp³-hybridized carbons (Fsp3) is 0.500. The van der Waals surface area contributed by atoms with Crippen molar-refractivity contribution in [2.75, 3.05) is 7.11 Å². The maximum Gasteiger partial charge on any atom is 0.338 e. The summed E-state index contributed by atoms with van der Waals surface area (Å²) in [5, 5.41) is 0. The first-order valence-corrected chi connectivity index (χ1v) is 10.8. The molecule has 30 heavy (non-hydrogen) atoms. The van der Waals surface area contributed by atoms with Crippen LogP contribution in [0.3, 0.4) is 0 Å². The van der Waals surface area contributed by atoms with Gasteiger partial charge in [0.05, 0.1) is 25.2 Å². The van der Waals surface area contributed by atoms with E-state index in [2.05, 4.69) is 39.0 Å². The van der Waals surface area contributed by atoms with Crippen LogP contribution in [0.2, 0.25) is 0 Å². The van der Waals surface area contributed by atoms with Crippen molar-refractivity contribution in [3.63, 3.8) is 0 Å². The van der Waals surface area contributed by atoms with Gasteiger partial charge < -0.3 is 13.9 Å². The molecule has 0 aliphatic carbocycles. The molecule has 1 aromatic rings. The van der Waals surface area contributed by atoms with Gasteiger partial charge in [0.25, 0.3) is 0 Å². The van der Waals surface area contributed by atoms with Gasteiger partial charge in [0, 0.05) is 6.42 Å². The van der Waals surface area contributed by atoms with Crippen LogP contribution in [-0.2, 0) is 20.7 Å². The molecule has 2 rings (SSSR count).